The lowest BCUT2D eigenvalue weighted by atomic mass is 10.3. The largest absolute Gasteiger partial charge is 0.299 e. The van der Waals surface area contributed by atoms with Crippen LogP contribution in [0.25, 0.3) is 5.69 Å². The van der Waals surface area contributed by atoms with E-state index in [9.17, 15) is 13.2 Å². The van der Waals surface area contributed by atoms with Crippen LogP contribution < -0.4 is 10.7 Å². The van der Waals surface area contributed by atoms with E-state index < -0.39 is 15.6 Å². The standard InChI is InChI=1S/C16H13Cl2N5O3S/c1-9-15(21-20-11-3-2-4-12(8-11)27(19,25)26)16(24)23(22-9)14-6-5-10(17)7-13(14)18/h2-8,22H,1H3,(H2,19,25,26). The normalized spacial score (nSPS) is 12.0. The number of nitrogens with zero attached hydrogens (tertiary/aromatic N) is 3. The molecule has 1 heterocycles. The summed E-state index contributed by atoms with van der Waals surface area (Å²) in [6.45, 7) is 1.65. The summed E-state index contributed by atoms with van der Waals surface area (Å²) in [7, 11) is -3.86. The number of hydrogen-bond acceptors (Lipinski definition) is 5. The fourth-order valence-corrected chi connectivity index (χ4v) is 3.36. The van der Waals surface area contributed by atoms with Crippen molar-refractivity contribution in [3.8, 4) is 5.69 Å². The number of nitrogens with one attached hydrogen (secondary N) is 1. The number of hydrogen-bond donors (Lipinski definition) is 2. The van der Waals surface area contributed by atoms with Crippen LogP contribution in [0.15, 0.2) is 62.4 Å². The van der Waals surface area contributed by atoms with E-state index in [-0.39, 0.29) is 21.3 Å². The minimum atomic E-state index is -3.86. The molecule has 0 unspecified atom stereocenters. The number of primary sulfonamides is 1. The number of aromatic nitrogens is 2. The number of halogens is 2. The van der Waals surface area contributed by atoms with Gasteiger partial charge in [-0.05, 0) is 43.3 Å². The van der Waals surface area contributed by atoms with Crippen LogP contribution >= 0.6 is 23.2 Å². The molecule has 140 valence electrons. The summed E-state index contributed by atoms with van der Waals surface area (Å²) in [5, 5.41) is 16.6. The minimum Gasteiger partial charge on any atom is -0.293 e. The molecule has 3 aromatic rings. The molecule has 2 aromatic carbocycles. The number of rotatable bonds is 4. The fourth-order valence-electron chi connectivity index (χ4n) is 2.32. The molecule has 0 aliphatic carbocycles. The van der Waals surface area contributed by atoms with E-state index in [1.807, 2.05) is 0 Å². The average Bonchev–Trinajstić information content (AvgIpc) is 2.87. The molecule has 0 aliphatic rings. The Morgan fingerprint density at radius 1 is 1.11 bits per heavy atom. The van der Waals surface area contributed by atoms with Gasteiger partial charge in [-0.3, -0.25) is 9.89 Å². The van der Waals surface area contributed by atoms with Crippen LogP contribution in [0.5, 0.6) is 0 Å². The lowest BCUT2D eigenvalue weighted by molar-refractivity contribution is 0.598. The molecule has 0 aliphatic heterocycles. The molecule has 0 amide bonds. The molecule has 27 heavy (non-hydrogen) atoms. The molecule has 3 rings (SSSR count). The Hall–Kier alpha value is -2.46. The van der Waals surface area contributed by atoms with Gasteiger partial charge in [0.1, 0.15) is 0 Å². The van der Waals surface area contributed by atoms with Crippen molar-refractivity contribution in [2.24, 2.45) is 15.4 Å². The summed E-state index contributed by atoms with van der Waals surface area (Å²) in [6.07, 6.45) is 0. The molecule has 0 saturated carbocycles. The number of aromatic amines is 1. The van der Waals surface area contributed by atoms with Crippen LogP contribution in [0.2, 0.25) is 10.0 Å². The van der Waals surface area contributed by atoms with Gasteiger partial charge < -0.3 is 0 Å². The van der Waals surface area contributed by atoms with Gasteiger partial charge in [0.25, 0.3) is 5.56 Å². The van der Waals surface area contributed by atoms with Gasteiger partial charge in [-0.15, -0.1) is 5.11 Å². The number of sulfonamides is 1. The molecule has 0 bridgehead atoms. The lowest BCUT2D eigenvalue weighted by Crippen LogP contribution is -2.14. The van der Waals surface area contributed by atoms with E-state index in [0.717, 1.165) is 0 Å². The highest BCUT2D eigenvalue weighted by Gasteiger charge is 2.15. The Balaban J connectivity index is 2.01. The Kier molecular flexibility index (Phi) is 5.20. The Morgan fingerprint density at radius 2 is 1.85 bits per heavy atom. The SMILES string of the molecule is Cc1[nH]n(-c2ccc(Cl)cc2Cl)c(=O)c1N=Nc1cccc(S(N)(=O)=O)c1. The minimum absolute atomic E-state index is 0.0574. The predicted octanol–water partition coefficient (Wildman–Crippen LogP) is 3.84. The highest BCUT2D eigenvalue weighted by Crippen LogP contribution is 2.25. The van der Waals surface area contributed by atoms with Gasteiger partial charge in [-0.2, -0.15) is 5.11 Å². The number of H-pyrrole nitrogens is 1. The van der Waals surface area contributed by atoms with Gasteiger partial charge in [-0.1, -0.05) is 29.3 Å². The maximum Gasteiger partial charge on any atom is 0.299 e. The molecule has 1 aromatic heterocycles. The summed E-state index contributed by atoms with van der Waals surface area (Å²) in [4.78, 5) is 12.5. The summed E-state index contributed by atoms with van der Waals surface area (Å²) in [5.41, 5.74) is 0.687. The van der Waals surface area contributed by atoms with Crippen molar-refractivity contribution >= 4 is 44.6 Å². The van der Waals surface area contributed by atoms with Crippen LogP contribution in [0.4, 0.5) is 11.4 Å². The molecule has 0 atom stereocenters. The Labute approximate surface area is 164 Å². The Bertz CT molecular complexity index is 1220. The molecule has 0 spiro atoms. The zero-order valence-electron chi connectivity index (χ0n) is 13.8. The van der Waals surface area contributed by atoms with E-state index in [1.54, 1.807) is 19.1 Å². The first-order valence-corrected chi connectivity index (χ1v) is 9.78. The summed E-state index contributed by atoms with van der Waals surface area (Å²) < 4.78 is 24.0. The van der Waals surface area contributed by atoms with Crippen molar-refractivity contribution < 1.29 is 8.42 Å². The predicted molar refractivity (Wildman–Crippen MR) is 103 cm³/mol. The first kappa shape index (κ1) is 19.3. The van der Waals surface area contributed by atoms with Crippen LogP contribution in [-0.2, 0) is 10.0 Å². The smallest absolute Gasteiger partial charge is 0.293 e. The van der Waals surface area contributed by atoms with E-state index in [1.165, 1.54) is 35.0 Å². The molecular formula is C16H13Cl2N5O3S. The lowest BCUT2D eigenvalue weighted by Gasteiger charge is -2.04. The fraction of sp³-hybridized carbons (Fsp3) is 0.0625. The van der Waals surface area contributed by atoms with E-state index >= 15 is 0 Å². The molecule has 0 fully saturated rings. The molecule has 0 radical (unpaired) electrons. The van der Waals surface area contributed by atoms with Gasteiger partial charge in [0.2, 0.25) is 10.0 Å². The van der Waals surface area contributed by atoms with Crippen molar-refractivity contribution in [1.29, 1.82) is 0 Å². The second kappa shape index (κ2) is 7.28. The number of azo groups is 1. The molecule has 0 saturated heterocycles. The summed E-state index contributed by atoms with van der Waals surface area (Å²) >= 11 is 12.0. The third kappa shape index (κ3) is 4.11. The van der Waals surface area contributed by atoms with Crippen LogP contribution in [0.3, 0.4) is 0 Å². The van der Waals surface area contributed by atoms with E-state index in [2.05, 4.69) is 15.3 Å². The van der Waals surface area contributed by atoms with Crippen LogP contribution in [-0.4, -0.2) is 18.2 Å². The van der Waals surface area contributed by atoms with Crippen LogP contribution in [0.1, 0.15) is 5.69 Å². The molecular weight excluding hydrogens is 413 g/mol. The highest BCUT2D eigenvalue weighted by atomic mass is 35.5. The second-order valence-corrected chi connectivity index (χ2v) is 7.97. The van der Waals surface area contributed by atoms with Gasteiger partial charge in [0.05, 0.1) is 27.0 Å². The number of benzene rings is 2. The molecule has 8 nitrogen and oxygen atoms in total. The van der Waals surface area contributed by atoms with Crippen molar-refractivity contribution in [2.75, 3.05) is 0 Å². The van der Waals surface area contributed by atoms with Crippen molar-refractivity contribution in [3.05, 3.63) is 68.6 Å². The van der Waals surface area contributed by atoms with Gasteiger partial charge in [0, 0.05) is 5.02 Å². The quantitative estimate of drug-likeness (QED) is 0.616. The van der Waals surface area contributed by atoms with Crippen LogP contribution in [0, 0.1) is 6.92 Å². The highest BCUT2D eigenvalue weighted by molar-refractivity contribution is 7.89. The summed E-state index contributed by atoms with van der Waals surface area (Å²) in [6, 6.07) is 10.3. The summed E-state index contributed by atoms with van der Waals surface area (Å²) in [5.74, 6) is 0. The van der Waals surface area contributed by atoms with E-state index in [4.69, 9.17) is 28.3 Å². The zero-order valence-corrected chi connectivity index (χ0v) is 16.2. The van der Waals surface area contributed by atoms with E-state index in [0.29, 0.717) is 16.4 Å². The van der Waals surface area contributed by atoms with Crippen molar-refractivity contribution in [1.82, 2.24) is 9.78 Å². The molecule has 3 N–H and O–H groups in total. The number of nitrogens with two attached hydrogens (primary N) is 1. The Morgan fingerprint density at radius 3 is 2.52 bits per heavy atom. The van der Waals surface area contributed by atoms with Crippen molar-refractivity contribution in [3.63, 3.8) is 0 Å². The zero-order chi connectivity index (χ0) is 19.8. The second-order valence-electron chi connectivity index (χ2n) is 5.56. The first-order chi connectivity index (χ1) is 12.7. The number of aryl methyl sites for hydroxylation is 1. The first-order valence-electron chi connectivity index (χ1n) is 7.48. The van der Waals surface area contributed by atoms with Gasteiger partial charge in [0.15, 0.2) is 5.69 Å². The van der Waals surface area contributed by atoms with Gasteiger partial charge in [-0.25, -0.2) is 18.2 Å². The van der Waals surface area contributed by atoms with Gasteiger partial charge >= 0.3 is 0 Å². The third-order valence-corrected chi connectivity index (χ3v) is 5.05. The monoisotopic (exact) mass is 425 g/mol. The maximum absolute atomic E-state index is 12.6. The topological polar surface area (TPSA) is 123 Å². The van der Waals surface area contributed by atoms with Crippen molar-refractivity contribution in [2.45, 2.75) is 11.8 Å². The third-order valence-electron chi connectivity index (χ3n) is 3.60. The average molecular weight is 426 g/mol. The maximum atomic E-state index is 12.6. The molecule has 11 heteroatoms.